The Bertz CT molecular complexity index is 501. The van der Waals surface area contributed by atoms with Gasteiger partial charge in [-0.15, -0.1) is 0 Å². The van der Waals surface area contributed by atoms with Gasteiger partial charge in [-0.3, -0.25) is 9.69 Å². The largest absolute Gasteiger partial charge is 0.350 e. The van der Waals surface area contributed by atoms with Gasteiger partial charge >= 0.3 is 0 Å². The number of carbonyl (C=O) groups excluding carboxylic acids is 1. The van der Waals surface area contributed by atoms with Gasteiger partial charge in [-0.25, -0.2) is 12.7 Å². The molecule has 2 rings (SSSR count). The first kappa shape index (κ1) is 17.7. The zero-order valence-electron chi connectivity index (χ0n) is 14.1. The minimum atomic E-state index is -3.09. The maximum Gasteiger partial charge on any atom is 0.234 e. The van der Waals surface area contributed by atoms with Crippen LogP contribution in [0.3, 0.4) is 0 Å². The van der Waals surface area contributed by atoms with Crippen LogP contribution in [-0.2, 0) is 14.8 Å². The number of nitrogens with one attached hydrogen (secondary N) is 1. The van der Waals surface area contributed by atoms with E-state index in [1.807, 2.05) is 20.8 Å². The number of rotatable bonds is 5. The van der Waals surface area contributed by atoms with Gasteiger partial charge in [0.15, 0.2) is 0 Å². The van der Waals surface area contributed by atoms with Crippen molar-refractivity contribution < 1.29 is 13.2 Å². The minimum Gasteiger partial charge on any atom is -0.350 e. The third-order valence-electron chi connectivity index (χ3n) is 4.30. The zero-order valence-corrected chi connectivity index (χ0v) is 14.9. The van der Waals surface area contributed by atoms with Crippen LogP contribution in [0.2, 0.25) is 0 Å². The van der Waals surface area contributed by atoms with Crippen LogP contribution < -0.4 is 5.32 Å². The van der Waals surface area contributed by atoms with Crippen molar-refractivity contribution >= 4 is 15.9 Å². The van der Waals surface area contributed by atoms with Crippen molar-refractivity contribution in [3.05, 3.63) is 0 Å². The van der Waals surface area contributed by atoms with Gasteiger partial charge < -0.3 is 5.32 Å². The van der Waals surface area contributed by atoms with Crippen LogP contribution in [0, 0.1) is 0 Å². The van der Waals surface area contributed by atoms with Gasteiger partial charge in [-0.1, -0.05) is 0 Å². The second-order valence-corrected chi connectivity index (χ2v) is 9.84. The summed E-state index contributed by atoms with van der Waals surface area (Å²) in [4.78, 5) is 14.0. The minimum absolute atomic E-state index is 0.0323. The van der Waals surface area contributed by atoms with Crippen molar-refractivity contribution in [3.8, 4) is 0 Å². The highest BCUT2D eigenvalue weighted by atomic mass is 32.2. The van der Waals surface area contributed by atoms with Gasteiger partial charge in [-0.2, -0.15) is 0 Å². The van der Waals surface area contributed by atoms with E-state index in [1.54, 1.807) is 11.4 Å². The summed E-state index contributed by atoms with van der Waals surface area (Å²) in [6.07, 6.45) is 3.20. The Hall–Kier alpha value is -0.660. The summed E-state index contributed by atoms with van der Waals surface area (Å²) >= 11 is 0. The van der Waals surface area contributed by atoms with Crippen LogP contribution in [-0.4, -0.2) is 67.0 Å². The van der Waals surface area contributed by atoms with Crippen molar-refractivity contribution in [2.24, 2.45) is 0 Å². The number of piperidine rings is 1. The van der Waals surface area contributed by atoms with Crippen LogP contribution in [0.25, 0.3) is 0 Å². The molecule has 0 aromatic heterocycles. The number of amides is 1. The molecule has 7 heteroatoms. The average Bonchev–Trinajstić information content (AvgIpc) is 3.21. The van der Waals surface area contributed by atoms with E-state index in [1.165, 1.54) is 0 Å². The summed E-state index contributed by atoms with van der Waals surface area (Å²) in [5.41, 5.74) is -0.214. The van der Waals surface area contributed by atoms with Gasteiger partial charge in [0, 0.05) is 31.7 Å². The molecule has 1 saturated heterocycles. The lowest BCUT2D eigenvalue weighted by Crippen LogP contribution is -2.50. The number of sulfonamides is 1. The van der Waals surface area contributed by atoms with Crippen LogP contribution in [0.1, 0.15) is 46.5 Å². The van der Waals surface area contributed by atoms with Crippen molar-refractivity contribution in [1.29, 1.82) is 0 Å². The van der Waals surface area contributed by atoms with Crippen molar-refractivity contribution in [2.75, 3.05) is 26.7 Å². The summed E-state index contributed by atoms with van der Waals surface area (Å²) < 4.78 is 26.1. The number of nitrogens with zero attached hydrogens (tertiary/aromatic N) is 2. The Morgan fingerprint density at radius 2 is 1.73 bits per heavy atom. The summed E-state index contributed by atoms with van der Waals surface area (Å²) in [6.45, 7) is 7.83. The first-order valence-corrected chi connectivity index (χ1v) is 9.60. The quantitative estimate of drug-likeness (QED) is 0.809. The molecule has 0 bridgehead atoms. The first-order valence-electron chi connectivity index (χ1n) is 8.10. The molecule has 0 unspecified atom stereocenters. The lowest BCUT2D eigenvalue weighted by Gasteiger charge is -2.36. The SMILES string of the molecule is CN(C1CCN(CC(=O)NC(C)(C)C)CC1)S(=O)(=O)C1CC1. The van der Waals surface area contributed by atoms with E-state index in [4.69, 9.17) is 0 Å². The monoisotopic (exact) mass is 331 g/mol. The average molecular weight is 331 g/mol. The highest BCUT2D eigenvalue weighted by Crippen LogP contribution is 2.32. The summed E-state index contributed by atoms with van der Waals surface area (Å²) in [5.74, 6) is 0.0323. The Morgan fingerprint density at radius 3 is 2.18 bits per heavy atom. The second-order valence-electron chi connectivity index (χ2n) is 7.57. The molecule has 1 aliphatic carbocycles. The van der Waals surface area contributed by atoms with Crippen molar-refractivity contribution in [1.82, 2.24) is 14.5 Å². The molecule has 128 valence electrons. The fraction of sp³-hybridized carbons (Fsp3) is 0.933. The molecule has 2 aliphatic rings. The van der Waals surface area contributed by atoms with E-state index >= 15 is 0 Å². The Labute approximate surface area is 134 Å². The van der Waals surface area contributed by atoms with Crippen LogP contribution in [0.5, 0.6) is 0 Å². The lowest BCUT2D eigenvalue weighted by molar-refractivity contribution is -0.124. The zero-order chi connectivity index (χ0) is 16.5. The summed E-state index contributed by atoms with van der Waals surface area (Å²) in [5, 5.41) is 2.82. The van der Waals surface area contributed by atoms with E-state index in [0.29, 0.717) is 6.54 Å². The molecule has 0 radical (unpaired) electrons. The first-order chi connectivity index (χ1) is 10.1. The molecular formula is C15H29N3O3S. The molecule has 1 N–H and O–H groups in total. The molecule has 0 aromatic rings. The van der Waals surface area contributed by atoms with Crippen LogP contribution >= 0.6 is 0 Å². The maximum absolute atomic E-state index is 12.3. The molecule has 1 aliphatic heterocycles. The van der Waals surface area contributed by atoms with Gasteiger partial charge in [0.25, 0.3) is 0 Å². The van der Waals surface area contributed by atoms with Crippen LogP contribution in [0.4, 0.5) is 0 Å². The molecule has 0 atom stereocenters. The van der Waals surface area contributed by atoms with Crippen molar-refractivity contribution in [2.45, 2.75) is 63.3 Å². The lowest BCUT2D eigenvalue weighted by atomic mass is 10.1. The fourth-order valence-corrected chi connectivity index (χ4v) is 4.74. The smallest absolute Gasteiger partial charge is 0.234 e. The van der Waals surface area contributed by atoms with Gasteiger partial charge in [0.05, 0.1) is 11.8 Å². The predicted octanol–water partition coefficient (Wildman–Crippen LogP) is 0.790. The standard InChI is InChI=1S/C15H29N3O3S/c1-15(2,3)16-14(19)11-18-9-7-12(8-10-18)17(4)22(20,21)13-5-6-13/h12-13H,5-11H2,1-4H3,(H,16,19). The van der Waals surface area contributed by atoms with E-state index in [9.17, 15) is 13.2 Å². The molecule has 0 aromatic carbocycles. The van der Waals surface area contributed by atoms with Gasteiger partial charge in [0.2, 0.25) is 15.9 Å². The summed E-state index contributed by atoms with van der Waals surface area (Å²) in [6, 6.07) is 0.0764. The molecule has 22 heavy (non-hydrogen) atoms. The Kier molecular flexibility index (Phi) is 5.19. The second kappa shape index (κ2) is 6.45. The molecule has 1 saturated carbocycles. The molecule has 0 spiro atoms. The van der Waals surface area contributed by atoms with Crippen molar-refractivity contribution in [3.63, 3.8) is 0 Å². The highest BCUT2D eigenvalue weighted by molar-refractivity contribution is 7.90. The number of likely N-dealkylation sites (tertiary alicyclic amines) is 1. The third kappa shape index (κ3) is 4.67. The fourth-order valence-electron chi connectivity index (χ4n) is 2.91. The Balaban J connectivity index is 1.79. The Morgan fingerprint density at radius 1 is 1.18 bits per heavy atom. The molecule has 1 amide bonds. The normalized spacial score (nSPS) is 22.0. The number of carbonyl (C=O) groups is 1. The van der Waals surface area contributed by atoms with E-state index in [0.717, 1.165) is 38.8 Å². The van der Waals surface area contributed by atoms with E-state index in [2.05, 4.69) is 10.2 Å². The number of hydrogen-bond donors (Lipinski definition) is 1. The van der Waals surface area contributed by atoms with Crippen LogP contribution in [0.15, 0.2) is 0 Å². The predicted molar refractivity (Wildman–Crippen MR) is 87.1 cm³/mol. The van der Waals surface area contributed by atoms with Gasteiger partial charge in [0.1, 0.15) is 0 Å². The highest BCUT2D eigenvalue weighted by Gasteiger charge is 2.41. The van der Waals surface area contributed by atoms with E-state index < -0.39 is 10.0 Å². The molecular weight excluding hydrogens is 302 g/mol. The molecule has 1 heterocycles. The van der Waals surface area contributed by atoms with Gasteiger partial charge in [-0.05, 0) is 46.5 Å². The number of hydrogen-bond acceptors (Lipinski definition) is 4. The van der Waals surface area contributed by atoms with E-state index in [-0.39, 0.29) is 22.7 Å². The topological polar surface area (TPSA) is 69.7 Å². The summed E-state index contributed by atoms with van der Waals surface area (Å²) in [7, 11) is -1.39. The maximum atomic E-state index is 12.3. The molecule has 2 fully saturated rings. The molecule has 6 nitrogen and oxygen atoms in total. The third-order valence-corrected chi connectivity index (χ3v) is 6.71.